The fraction of sp³-hybridized carbons (Fsp3) is 0.391. The molecule has 172 valence electrons. The number of benzene rings is 2. The molecule has 1 aliphatic rings. The molecule has 1 fully saturated rings. The summed E-state index contributed by atoms with van der Waals surface area (Å²) >= 11 is 5.79. The molecular weight excluding hydrogens is 452 g/mol. The number of ether oxygens (including phenoxy) is 1. The maximum absolute atomic E-state index is 12.7. The van der Waals surface area contributed by atoms with Gasteiger partial charge in [-0.2, -0.15) is 0 Å². The monoisotopic (exact) mass is 478 g/mol. The largest absolute Gasteiger partial charge is 0.494 e. The van der Waals surface area contributed by atoms with E-state index in [9.17, 15) is 18.0 Å². The molecule has 0 unspecified atom stereocenters. The van der Waals surface area contributed by atoms with Gasteiger partial charge in [0.25, 0.3) is 5.91 Å². The van der Waals surface area contributed by atoms with Crippen molar-refractivity contribution in [1.29, 1.82) is 0 Å². The second-order valence-electron chi connectivity index (χ2n) is 7.61. The Balaban J connectivity index is 1.44. The van der Waals surface area contributed by atoms with Crippen molar-refractivity contribution in [2.45, 2.75) is 37.1 Å². The van der Waals surface area contributed by atoms with Crippen molar-refractivity contribution < 1.29 is 22.7 Å². The van der Waals surface area contributed by atoms with Crippen LogP contribution in [0.25, 0.3) is 0 Å². The molecule has 1 N–H and O–H groups in total. The van der Waals surface area contributed by atoms with Crippen LogP contribution < -0.4 is 10.1 Å². The minimum atomic E-state index is -3.55. The molecule has 7 nitrogen and oxygen atoms in total. The topological polar surface area (TPSA) is 92.8 Å². The summed E-state index contributed by atoms with van der Waals surface area (Å²) in [4.78, 5) is 26.9. The van der Waals surface area contributed by atoms with Crippen LogP contribution in [-0.2, 0) is 14.6 Å². The molecule has 2 amide bonds. The number of rotatable bonds is 8. The van der Waals surface area contributed by atoms with E-state index >= 15 is 0 Å². The Bertz CT molecular complexity index is 1030. The standard InChI is InChI=1S/C23H27ClN2O5S/c1-2-31-20-7-3-17(4-8-20)23(28)26-14-11-19(12-15-26)25-22(27)13-16-32(29,30)21-9-5-18(24)6-10-21/h3-10,19H,2,11-16H2,1H3,(H,25,27). The van der Waals surface area contributed by atoms with Gasteiger partial charge in [0.15, 0.2) is 9.84 Å². The third-order valence-electron chi connectivity index (χ3n) is 5.33. The average Bonchev–Trinajstić information content (AvgIpc) is 2.79. The number of carbonyl (C=O) groups excluding carboxylic acids is 2. The Morgan fingerprint density at radius 1 is 1.06 bits per heavy atom. The van der Waals surface area contributed by atoms with Crippen LogP contribution in [0.3, 0.4) is 0 Å². The van der Waals surface area contributed by atoms with Crippen molar-refractivity contribution in [3.05, 3.63) is 59.1 Å². The maximum atomic E-state index is 12.7. The van der Waals surface area contributed by atoms with Crippen LogP contribution in [0.2, 0.25) is 5.02 Å². The number of sulfone groups is 1. The number of amides is 2. The lowest BCUT2D eigenvalue weighted by atomic mass is 10.0. The van der Waals surface area contributed by atoms with E-state index in [1.54, 1.807) is 29.2 Å². The molecule has 9 heteroatoms. The van der Waals surface area contributed by atoms with E-state index in [4.69, 9.17) is 16.3 Å². The molecule has 0 bridgehead atoms. The second-order valence-corrected chi connectivity index (χ2v) is 10.2. The average molecular weight is 479 g/mol. The highest BCUT2D eigenvalue weighted by atomic mass is 35.5. The highest BCUT2D eigenvalue weighted by molar-refractivity contribution is 7.91. The molecule has 0 aliphatic carbocycles. The summed E-state index contributed by atoms with van der Waals surface area (Å²) in [6.07, 6.45) is 1.13. The first-order valence-corrected chi connectivity index (χ1v) is 12.6. The molecule has 0 atom stereocenters. The van der Waals surface area contributed by atoms with Crippen LogP contribution in [0, 0.1) is 0 Å². The van der Waals surface area contributed by atoms with Gasteiger partial charge in [0.1, 0.15) is 5.75 Å². The lowest BCUT2D eigenvalue weighted by molar-refractivity contribution is -0.121. The van der Waals surface area contributed by atoms with E-state index in [0.29, 0.717) is 43.1 Å². The second kappa shape index (κ2) is 10.8. The highest BCUT2D eigenvalue weighted by Crippen LogP contribution is 2.18. The summed E-state index contributed by atoms with van der Waals surface area (Å²) in [5, 5.41) is 3.35. The number of likely N-dealkylation sites (tertiary alicyclic amines) is 1. The third kappa shape index (κ3) is 6.46. The Labute approximate surface area is 193 Å². The van der Waals surface area contributed by atoms with Crippen LogP contribution in [0.1, 0.15) is 36.5 Å². The summed E-state index contributed by atoms with van der Waals surface area (Å²) in [5.41, 5.74) is 0.600. The Morgan fingerprint density at radius 2 is 1.69 bits per heavy atom. The quantitative estimate of drug-likeness (QED) is 0.628. The normalized spacial score (nSPS) is 14.8. The molecule has 0 aromatic heterocycles. The van der Waals surface area contributed by atoms with Crippen molar-refractivity contribution in [2.24, 2.45) is 0 Å². The minimum Gasteiger partial charge on any atom is -0.494 e. The molecule has 1 saturated heterocycles. The first-order chi connectivity index (χ1) is 15.3. The molecule has 3 rings (SSSR count). The van der Waals surface area contributed by atoms with Gasteiger partial charge in [-0.05, 0) is 68.3 Å². The predicted octanol–water partition coefficient (Wildman–Crippen LogP) is 3.32. The predicted molar refractivity (Wildman–Crippen MR) is 123 cm³/mol. The summed E-state index contributed by atoms with van der Waals surface area (Å²) < 4.78 is 30.2. The lowest BCUT2D eigenvalue weighted by Crippen LogP contribution is -2.46. The molecule has 1 aliphatic heterocycles. The number of piperidine rings is 1. The van der Waals surface area contributed by atoms with E-state index in [2.05, 4.69) is 5.32 Å². The number of nitrogens with one attached hydrogen (secondary N) is 1. The van der Waals surface area contributed by atoms with Crippen molar-refractivity contribution in [3.63, 3.8) is 0 Å². The molecule has 0 saturated carbocycles. The van der Waals surface area contributed by atoms with E-state index in [-0.39, 0.29) is 34.9 Å². The fourth-order valence-electron chi connectivity index (χ4n) is 3.56. The zero-order valence-corrected chi connectivity index (χ0v) is 19.5. The number of nitrogens with zero attached hydrogens (tertiary/aromatic N) is 1. The smallest absolute Gasteiger partial charge is 0.253 e. The van der Waals surface area contributed by atoms with Gasteiger partial charge in [0.05, 0.1) is 17.3 Å². The number of carbonyl (C=O) groups is 2. The van der Waals surface area contributed by atoms with E-state index in [1.165, 1.54) is 24.3 Å². The molecule has 0 radical (unpaired) electrons. The van der Waals surface area contributed by atoms with Gasteiger partial charge in [-0.3, -0.25) is 9.59 Å². The molecule has 32 heavy (non-hydrogen) atoms. The van der Waals surface area contributed by atoms with Gasteiger partial charge >= 0.3 is 0 Å². The number of halogens is 1. The fourth-order valence-corrected chi connectivity index (χ4v) is 4.92. The molecule has 2 aromatic rings. The first kappa shape index (κ1) is 24.1. The Morgan fingerprint density at radius 3 is 2.28 bits per heavy atom. The molecule has 2 aromatic carbocycles. The van der Waals surface area contributed by atoms with Crippen molar-refractivity contribution in [3.8, 4) is 5.75 Å². The SMILES string of the molecule is CCOc1ccc(C(=O)N2CCC(NC(=O)CCS(=O)(=O)c3ccc(Cl)cc3)CC2)cc1. The Hall–Kier alpha value is -2.58. The van der Waals surface area contributed by atoms with Gasteiger partial charge < -0.3 is 15.0 Å². The summed E-state index contributed by atoms with van der Waals surface area (Å²) in [6, 6.07) is 12.9. The van der Waals surface area contributed by atoms with Gasteiger partial charge in [-0.1, -0.05) is 11.6 Å². The first-order valence-electron chi connectivity index (χ1n) is 10.6. The van der Waals surface area contributed by atoms with Gasteiger partial charge in [0, 0.05) is 36.1 Å². The van der Waals surface area contributed by atoms with Crippen molar-refractivity contribution in [1.82, 2.24) is 10.2 Å². The zero-order chi connectivity index (χ0) is 23.1. The van der Waals surface area contributed by atoms with Crippen LogP contribution >= 0.6 is 11.6 Å². The molecule has 0 spiro atoms. The number of hydrogen-bond acceptors (Lipinski definition) is 5. The molecular formula is C23H27ClN2O5S. The zero-order valence-electron chi connectivity index (χ0n) is 17.9. The van der Waals surface area contributed by atoms with E-state index in [1.807, 2.05) is 6.92 Å². The van der Waals surface area contributed by atoms with E-state index in [0.717, 1.165) is 5.75 Å². The van der Waals surface area contributed by atoms with Crippen LogP contribution in [0.5, 0.6) is 5.75 Å². The Kier molecular flexibility index (Phi) is 8.15. The summed E-state index contributed by atoms with van der Waals surface area (Å²) in [5.74, 6) is 0.101. The maximum Gasteiger partial charge on any atom is 0.253 e. The van der Waals surface area contributed by atoms with Gasteiger partial charge in [0.2, 0.25) is 5.91 Å². The van der Waals surface area contributed by atoms with Crippen LogP contribution in [0.15, 0.2) is 53.4 Å². The van der Waals surface area contributed by atoms with Crippen LogP contribution in [0.4, 0.5) is 0 Å². The lowest BCUT2D eigenvalue weighted by Gasteiger charge is -2.32. The van der Waals surface area contributed by atoms with E-state index < -0.39 is 9.84 Å². The number of hydrogen-bond donors (Lipinski definition) is 1. The van der Waals surface area contributed by atoms with Gasteiger partial charge in [-0.25, -0.2) is 8.42 Å². The summed E-state index contributed by atoms with van der Waals surface area (Å²) in [6.45, 7) is 3.53. The van der Waals surface area contributed by atoms with Gasteiger partial charge in [-0.15, -0.1) is 0 Å². The van der Waals surface area contributed by atoms with Crippen molar-refractivity contribution in [2.75, 3.05) is 25.4 Å². The molecule has 1 heterocycles. The van der Waals surface area contributed by atoms with Crippen molar-refractivity contribution >= 4 is 33.3 Å². The van der Waals surface area contributed by atoms with Crippen LogP contribution in [-0.4, -0.2) is 56.6 Å². The third-order valence-corrected chi connectivity index (χ3v) is 7.31. The highest BCUT2D eigenvalue weighted by Gasteiger charge is 2.25. The summed E-state index contributed by atoms with van der Waals surface area (Å²) in [7, 11) is -3.55. The minimum absolute atomic E-state index is 0.0492.